The summed E-state index contributed by atoms with van der Waals surface area (Å²) in [6, 6.07) is 9.84. The van der Waals surface area contributed by atoms with Crippen LogP contribution in [0.1, 0.15) is 31.2 Å². The van der Waals surface area contributed by atoms with E-state index in [2.05, 4.69) is 5.32 Å². The number of hydrogen-bond acceptors (Lipinski definition) is 5. The van der Waals surface area contributed by atoms with Gasteiger partial charge >= 0.3 is 18.0 Å². The van der Waals surface area contributed by atoms with E-state index >= 15 is 0 Å². The molecule has 1 saturated carbocycles. The number of carboxylic acid groups (broad SMARTS) is 1. The third kappa shape index (κ3) is 5.57. The van der Waals surface area contributed by atoms with Crippen molar-refractivity contribution >= 4 is 18.0 Å². The summed E-state index contributed by atoms with van der Waals surface area (Å²) in [4.78, 5) is 33.9. The minimum Gasteiger partial charge on any atom is -0.480 e. The lowest BCUT2D eigenvalue weighted by molar-refractivity contribution is -0.144. The summed E-state index contributed by atoms with van der Waals surface area (Å²) >= 11 is 0. The van der Waals surface area contributed by atoms with Crippen molar-refractivity contribution in [1.82, 2.24) is 5.32 Å². The Balaban J connectivity index is 1.51. The zero-order chi connectivity index (χ0) is 17.4. The number of carbonyl (C=O) groups excluding carboxylic acids is 2. The molecule has 24 heavy (non-hydrogen) atoms. The molecule has 1 aliphatic carbocycles. The lowest BCUT2D eigenvalue weighted by Crippen LogP contribution is -2.43. The Morgan fingerprint density at radius 2 is 1.75 bits per heavy atom. The van der Waals surface area contributed by atoms with Crippen LogP contribution in [0.25, 0.3) is 0 Å². The second-order valence-corrected chi connectivity index (χ2v) is 5.71. The van der Waals surface area contributed by atoms with Gasteiger partial charge in [-0.05, 0) is 31.2 Å². The predicted octanol–water partition coefficient (Wildman–Crippen LogP) is 1.90. The van der Waals surface area contributed by atoms with Gasteiger partial charge in [-0.15, -0.1) is 0 Å². The van der Waals surface area contributed by atoms with E-state index in [0.717, 1.165) is 12.0 Å². The minimum atomic E-state index is -1.18. The van der Waals surface area contributed by atoms with Crippen molar-refractivity contribution in [3.05, 3.63) is 35.9 Å². The summed E-state index contributed by atoms with van der Waals surface area (Å²) in [5.74, 6) is -1.41. The zero-order valence-electron chi connectivity index (χ0n) is 13.3. The maximum absolute atomic E-state index is 11.6. The first-order valence-electron chi connectivity index (χ1n) is 7.90. The fraction of sp³-hybridized carbons (Fsp3) is 0.471. The van der Waals surface area contributed by atoms with Crippen molar-refractivity contribution in [2.75, 3.05) is 13.2 Å². The highest BCUT2D eigenvalue weighted by atomic mass is 16.6. The standard InChI is InChI=1S/C17H21NO6/c19-14(8-4-7-13-5-2-1-3-6-13)23-11-12-24-16(22)18-17(9-10-17)15(20)21/h1-3,5-6H,4,7-12H2,(H,18,22)(H,20,21). The molecule has 0 spiro atoms. The highest BCUT2D eigenvalue weighted by molar-refractivity contribution is 5.87. The second-order valence-electron chi connectivity index (χ2n) is 5.71. The van der Waals surface area contributed by atoms with E-state index in [-0.39, 0.29) is 19.2 Å². The third-order valence-corrected chi connectivity index (χ3v) is 3.77. The van der Waals surface area contributed by atoms with Crippen LogP contribution in [0.3, 0.4) is 0 Å². The van der Waals surface area contributed by atoms with Crippen LogP contribution in [0.4, 0.5) is 4.79 Å². The van der Waals surface area contributed by atoms with Gasteiger partial charge in [0.05, 0.1) is 0 Å². The minimum absolute atomic E-state index is 0.0440. The lowest BCUT2D eigenvalue weighted by Gasteiger charge is -2.12. The van der Waals surface area contributed by atoms with Crippen molar-refractivity contribution in [1.29, 1.82) is 0 Å². The van der Waals surface area contributed by atoms with Crippen LogP contribution in [0.15, 0.2) is 30.3 Å². The molecule has 1 aromatic carbocycles. The topological polar surface area (TPSA) is 102 Å². The second kappa shape index (κ2) is 8.33. The fourth-order valence-corrected chi connectivity index (χ4v) is 2.19. The molecule has 0 aliphatic heterocycles. The number of aliphatic carboxylic acids is 1. The number of ether oxygens (including phenoxy) is 2. The molecular formula is C17H21NO6. The van der Waals surface area contributed by atoms with Crippen molar-refractivity contribution in [2.24, 2.45) is 0 Å². The summed E-state index contributed by atoms with van der Waals surface area (Å²) in [6.45, 7) is -0.149. The number of carboxylic acids is 1. The molecule has 7 heteroatoms. The molecule has 1 fully saturated rings. The van der Waals surface area contributed by atoms with Crippen LogP contribution in [-0.2, 0) is 25.5 Å². The monoisotopic (exact) mass is 335 g/mol. The van der Waals surface area contributed by atoms with E-state index < -0.39 is 17.6 Å². The summed E-state index contributed by atoms with van der Waals surface area (Å²) in [5, 5.41) is 11.2. The van der Waals surface area contributed by atoms with Gasteiger partial charge in [0, 0.05) is 6.42 Å². The SMILES string of the molecule is O=C(CCCc1ccccc1)OCCOC(=O)NC1(C(=O)O)CC1. The van der Waals surface area contributed by atoms with Gasteiger partial charge in [-0.3, -0.25) is 4.79 Å². The van der Waals surface area contributed by atoms with Gasteiger partial charge in [-0.1, -0.05) is 30.3 Å². The molecule has 0 heterocycles. The Kier molecular flexibility index (Phi) is 6.17. The molecular weight excluding hydrogens is 314 g/mol. The molecule has 2 rings (SSSR count). The Morgan fingerprint density at radius 1 is 1.08 bits per heavy atom. The smallest absolute Gasteiger partial charge is 0.408 e. The quantitative estimate of drug-likeness (QED) is 0.528. The highest BCUT2D eigenvalue weighted by Crippen LogP contribution is 2.35. The molecule has 0 aromatic heterocycles. The number of esters is 1. The van der Waals surface area contributed by atoms with Gasteiger partial charge in [0.25, 0.3) is 0 Å². The third-order valence-electron chi connectivity index (χ3n) is 3.77. The first-order chi connectivity index (χ1) is 11.5. The Labute approximate surface area is 139 Å². The highest BCUT2D eigenvalue weighted by Gasteiger charge is 2.52. The number of benzene rings is 1. The van der Waals surface area contributed by atoms with Crippen LogP contribution < -0.4 is 5.32 Å². The van der Waals surface area contributed by atoms with E-state index in [9.17, 15) is 14.4 Å². The Bertz CT molecular complexity index is 582. The van der Waals surface area contributed by atoms with Crippen molar-refractivity contribution in [3.8, 4) is 0 Å². The normalized spacial score (nSPS) is 14.5. The van der Waals surface area contributed by atoms with E-state index in [0.29, 0.717) is 25.7 Å². The average molecular weight is 335 g/mol. The molecule has 0 bridgehead atoms. The maximum atomic E-state index is 11.6. The van der Waals surface area contributed by atoms with E-state index in [1.165, 1.54) is 0 Å². The molecule has 0 radical (unpaired) electrons. The number of nitrogens with one attached hydrogen (secondary N) is 1. The molecule has 0 saturated heterocycles. The number of amides is 1. The van der Waals surface area contributed by atoms with Gasteiger partial charge in [0.1, 0.15) is 18.8 Å². The van der Waals surface area contributed by atoms with Gasteiger partial charge in [0.15, 0.2) is 0 Å². The molecule has 0 atom stereocenters. The van der Waals surface area contributed by atoms with Crippen LogP contribution in [-0.4, -0.2) is 41.9 Å². The van der Waals surface area contributed by atoms with Gasteiger partial charge in [-0.2, -0.15) is 0 Å². The molecule has 0 unspecified atom stereocenters. The van der Waals surface area contributed by atoms with Crippen molar-refractivity contribution in [3.63, 3.8) is 0 Å². The number of carbonyl (C=O) groups is 3. The molecule has 130 valence electrons. The molecule has 7 nitrogen and oxygen atoms in total. The van der Waals surface area contributed by atoms with E-state index in [4.69, 9.17) is 14.6 Å². The maximum Gasteiger partial charge on any atom is 0.408 e. The van der Waals surface area contributed by atoms with Crippen LogP contribution in [0.2, 0.25) is 0 Å². The Morgan fingerprint density at radius 3 is 2.38 bits per heavy atom. The van der Waals surface area contributed by atoms with Gasteiger partial charge in [-0.25, -0.2) is 9.59 Å². The average Bonchev–Trinajstić information content (AvgIpc) is 3.33. The molecule has 1 aliphatic rings. The molecule has 1 aromatic rings. The Hall–Kier alpha value is -2.57. The fourth-order valence-electron chi connectivity index (χ4n) is 2.19. The van der Waals surface area contributed by atoms with E-state index in [1.807, 2.05) is 30.3 Å². The lowest BCUT2D eigenvalue weighted by atomic mass is 10.1. The summed E-state index contributed by atoms with van der Waals surface area (Å²) in [6.07, 6.45) is 1.76. The van der Waals surface area contributed by atoms with Crippen LogP contribution >= 0.6 is 0 Å². The molecule has 1 amide bonds. The van der Waals surface area contributed by atoms with Crippen LogP contribution in [0, 0.1) is 0 Å². The summed E-state index contributed by atoms with van der Waals surface area (Å²) in [7, 11) is 0. The number of aryl methyl sites for hydroxylation is 1. The van der Waals surface area contributed by atoms with Crippen molar-refractivity contribution < 1.29 is 29.0 Å². The largest absolute Gasteiger partial charge is 0.480 e. The molecule has 2 N–H and O–H groups in total. The first-order valence-corrected chi connectivity index (χ1v) is 7.90. The van der Waals surface area contributed by atoms with E-state index in [1.54, 1.807) is 0 Å². The number of rotatable bonds is 9. The van der Waals surface area contributed by atoms with Gasteiger partial charge in [0.2, 0.25) is 0 Å². The van der Waals surface area contributed by atoms with Crippen LogP contribution in [0.5, 0.6) is 0 Å². The summed E-state index contributed by atoms with van der Waals surface area (Å²) in [5.41, 5.74) is -0.0108. The van der Waals surface area contributed by atoms with Gasteiger partial charge < -0.3 is 19.9 Å². The van der Waals surface area contributed by atoms with Crippen molar-refractivity contribution in [2.45, 2.75) is 37.6 Å². The summed E-state index contributed by atoms with van der Waals surface area (Å²) < 4.78 is 9.76. The zero-order valence-corrected chi connectivity index (χ0v) is 13.3. The number of hydrogen-bond donors (Lipinski definition) is 2. The predicted molar refractivity (Wildman–Crippen MR) is 84.4 cm³/mol. The number of alkyl carbamates (subject to hydrolysis) is 1. The first kappa shape index (κ1) is 17.8.